The summed E-state index contributed by atoms with van der Waals surface area (Å²) in [4.78, 5) is 18.3. The Morgan fingerprint density at radius 2 is 1.87 bits per heavy atom. The zero-order chi connectivity index (χ0) is 17.2. The van der Waals surface area contributed by atoms with E-state index in [4.69, 9.17) is 0 Å². The molecule has 0 aliphatic heterocycles. The Bertz CT molecular complexity index is 981. The molecule has 2 N–H and O–H groups in total. The summed E-state index contributed by atoms with van der Waals surface area (Å²) >= 11 is 0.926. The molecule has 0 unspecified atom stereocenters. The first-order valence-corrected chi connectivity index (χ1v) is 7.57. The SMILES string of the molecule is CC(C)(C)c1cc(C(F)(F)F)c2c(n1)sc1c(O)cc(=O)[nH]c12. The number of aromatic hydroxyl groups is 1. The van der Waals surface area contributed by atoms with E-state index in [1.54, 1.807) is 20.8 Å². The van der Waals surface area contributed by atoms with E-state index in [0.717, 1.165) is 23.5 Å². The van der Waals surface area contributed by atoms with Crippen LogP contribution >= 0.6 is 11.3 Å². The van der Waals surface area contributed by atoms with Gasteiger partial charge in [-0.25, -0.2) is 4.98 Å². The predicted octanol–water partition coefficient (Wildman–Crippen LogP) is 4.16. The van der Waals surface area contributed by atoms with E-state index < -0.39 is 22.7 Å². The molecule has 0 fully saturated rings. The largest absolute Gasteiger partial charge is 0.506 e. The highest BCUT2D eigenvalue weighted by atomic mass is 32.1. The number of rotatable bonds is 0. The highest BCUT2D eigenvalue weighted by Crippen LogP contribution is 2.44. The summed E-state index contributed by atoms with van der Waals surface area (Å²) < 4.78 is 40.7. The second-order valence-corrected chi connectivity index (χ2v) is 7.31. The van der Waals surface area contributed by atoms with Crippen LogP contribution in [0.15, 0.2) is 16.9 Å². The Morgan fingerprint density at radius 3 is 2.43 bits per heavy atom. The van der Waals surface area contributed by atoms with E-state index in [-0.39, 0.29) is 26.2 Å². The fourth-order valence-electron chi connectivity index (χ4n) is 2.35. The van der Waals surface area contributed by atoms with Crippen LogP contribution in [0.4, 0.5) is 13.2 Å². The van der Waals surface area contributed by atoms with E-state index in [1.165, 1.54) is 0 Å². The van der Waals surface area contributed by atoms with Gasteiger partial charge in [-0.1, -0.05) is 20.8 Å². The van der Waals surface area contributed by atoms with Crippen LogP contribution < -0.4 is 5.56 Å². The van der Waals surface area contributed by atoms with Gasteiger partial charge in [-0.15, -0.1) is 11.3 Å². The molecular formula is C15H13F3N2O2S. The van der Waals surface area contributed by atoms with Crippen molar-refractivity contribution in [2.75, 3.05) is 0 Å². The minimum absolute atomic E-state index is 0.0321. The third-order valence-electron chi connectivity index (χ3n) is 3.48. The van der Waals surface area contributed by atoms with E-state index in [9.17, 15) is 23.1 Å². The molecule has 3 heterocycles. The zero-order valence-electron chi connectivity index (χ0n) is 12.5. The maximum atomic E-state index is 13.5. The Labute approximate surface area is 132 Å². The number of hydrogen-bond donors (Lipinski definition) is 2. The molecule has 0 aromatic carbocycles. The van der Waals surface area contributed by atoms with Gasteiger partial charge in [0.2, 0.25) is 0 Å². The monoisotopic (exact) mass is 342 g/mol. The van der Waals surface area contributed by atoms with Crippen LogP contribution in [0.2, 0.25) is 0 Å². The summed E-state index contributed by atoms with van der Waals surface area (Å²) in [5, 5.41) is 9.68. The Kier molecular flexibility index (Phi) is 3.23. The molecule has 23 heavy (non-hydrogen) atoms. The maximum absolute atomic E-state index is 13.5. The number of hydrogen-bond acceptors (Lipinski definition) is 4. The molecule has 0 saturated carbocycles. The van der Waals surface area contributed by atoms with Gasteiger partial charge >= 0.3 is 6.18 Å². The van der Waals surface area contributed by atoms with Crippen LogP contribution in [0.1, 0.15) is 32.0 Å². The maximum Gasteiger partial charge on any atom is 0.417 e. The number of nitrogens with one attached hydrogen (secondary N) is 1. The minimum atomic E-state index is -4.60. The molecule has 0 aliphatic rings. The third-order valence-corrected chi connectivity index (χ3v) is 4.59. The molecule has 8 heteroatoms. The Hall–Kier alpha value is -2.09. The van der Waals surface area contributed by atoms with Crippen LogP contribution in [0.3, 0.4) is 0 Å². The fraction of sp³-hybridized carbons (Fsp3) is 0.333. The highest BCUT2D eigenvalue weighted by molar-refractivity contribution is 7.25. The molecule has 0 bridgehead atoms. The van der Waals surface area contributed by atoms with Gasteiger partial charge in [0.1, 0.15) is 10.6 Å². The van der Waals surface area contributed by atoms with Gasteiger partial charge in [0, 0.05) is 22.6 Å². The summed E-state index contributed by atoms with van der Waals surface area (Å²) in [5.74, 6) is -0.350. The van der Waals surface area contributed by atoms with Crippen LogP contribution in [-0.2, 0) is 11.6 Å². The van der Waals surface area contributed by atoms with Gasteiger partial charge in [0.15, 0.2) is 0 Å². The van der Waals surface area contributed by atoms with E-state index in [0.29, 0.717) is 5.69 Å². The van der Waals surface area contributed by atoms with Crippen molar-refractivity contribution in [1.82, 2.24) is 9.97 Å². The van der Waals surface area contributed by atoms with Gasteiger partial charge in [-0.05, 0) is 6.07 Å². The van der Waals surface area contributed by atoms with Crippen molar-refractivity contribution in [2.45, 2.75) is 32.4 Å². The molecule has 3 aromatic rings. The smallest absolute Gasteiger partial charge is 0.417 e. The number of fused-ring (bicyclic) bond motifs is 3. The Morgan fingerprint density at radius 1 is 1.22 bits per heavy atom. The molecule has 3 rings (SSSR count). The molecule has 0 aliphatic carbocycles. The number of halogens is 3. The number of alkyl halides is 3. The number of aromatic amines is 1. The lowest BCUT2D eigenvalue weighted by molar-refractivity contribution is -0.136. The van der Waals surface area contributed by atoms with Crippen molar-refractivity contribution in [2.24, 2.45) is 0 Å². The van der Waals surface area contributed by atoms with E-state index >= 15 is 0 Å². The first-order chi connectivity index (χ1) is 10.5. The molecule has 4 nitrogen and oxygen atoms in total. The number of thiophene rings is 1. The molecule has 122 valence electrons. The van der Waals surface area contributed by atoms with Gasteiger partial charge in [-0.2, -0.15) is 13.2 Å². The summed E-state index contributed by atoms with van der Waals surface area (Å²) in [6.45, 7) is 5.32. The van der Waals surface area contributed by atoms with Crippen molar-refractivity contribution in [3.63, 3.8) is 0 Å². The quantitative estimate of drug-likeness (QED) is 0.645. The van der Waals surface area contributed by atoms with Crippen molar-refractivity contribution in [3.8, 4) is 5.75 Å². The van der Waals surface area contributed by atoms with Crippen molar-refractivity contribution in [1.29, 1.82) is 0 Å². The molecular weight excluding hydrogens is 329 g/mol. The van der Waals surface area contributed by atoms with E-state index in [1.807, 2.05) is 0 Å². The fourth-order valence-corrected chi connectivity index (χ4v) is 3.42. The van der Waals surface area contributed by atoms with Crippen LogP contribution in [0.5, 0.6) is 5.75 Å². The molecule has 0 spiro atoms. The molecule has 0 atom stereocenters. The third kappa shape index (κ3) is 2.56. The van der Waals surface area contributed by atoms with Gasteiger partial charge in [0.25, 0.3) is 5.56 Å². The van der Waals surface area contributed by atoms with Crippen molar-refractivity contribution < 1.29 is 18.3 Å². The van der Waals surface area contributed by atoms with E-state index in [2.05, 4.69) is 9.97 Å². The minimum Gasteiger partial charge on any atom is -0.506 e. The number of H-pyrrole nitrogens is 1. The van der Waals surface area contributed by atoms with Crippen molar-refractivity contribution >= 4 is 31.8 Å². The second kappa shape index (κ2) is 4.70. The lowest BCUT2D eigenvalue weighted by atomic mass is 9.90. The Balaban J connectivity index is 2.56. The van der Waals surface area contributed by atoms with Crippen molar-refractivity contribution in [3.05, 3.63) is 33.7 Å². The summed E-state index contributed by atoms with van der Waals surface area (Å²) in [7, 11) is 0. The molecule has 0 radical (unpaired) electrons. The average molecular weight is 342 g/mol. The highest BCUT2D eigenvalue weighted by Gasteiger charge is 2.36. The molecule has 3 aromatic heterocycles. The molecule has 0 amide bonds. The lowest BCUT2D eigenvalue weighted by Gasteiger charge is -2.19. The first kappa shape index (κ1) is 15.8. The summed E-state index contributed by atoms with van der Waals surface area (Å²) in [6.07, 6.45) is -4.60. The van der Waals surface area contributed by atoms with Gasteiger partial charge < -0.3 is 10.1 Å². The average Bonchev–Trinajstić information content (AvgIpc) is 2.74. The number of nitrogens with zero attached hydrogens (tertiary/aromatic N) is 1. The number of aromatic nitrogens is 2. The topological polar surface area (TPSA) is 66.0 Å². The van der Waals surface area contributed by atoms with Gasteiger partial charge in [0.05, 0.1) is 15.8 Å². The predicted molar refractivity (Wildman–Crippen MR) is 83.1 cm³/mol. The standard InChI is InChI=1S/C15H13F3N2O2S/c1-14(2,3)8-4-6(15(16,17)18)10-11-12(23-13(10)19-8)7(21)5-9(22)20-11/h4-5H,1-3H3,(H2,20,21,22). The van der Waals surface area contributed by atoms with Crippen LogP contribution in [-0.4, -0.2) is 15.1 Å². The summed E-state index contributed by atoms with van der Waals surface area (Å²) in [6, 6.07) is 1.95. The van der Waals surface area contributed by atoms with Crippen LogP contribution in [0.25, 0.3) is 20.4 Å². The first-order valence-electron chi connectivity index (χ1n) is 6.75. The second-order valence-electron chi connectivity index (χ2n) is 6.31. The normalized spacial score (nSPS) is 13.1. The lowest BCUT2D eigenvalue weighted by Crippen LogP contribution is -2.16. The van der Waals surface area contributed by atoms with Gasteiger partial charge in [-0.3, -0.25) is 4.79 Å². The zero-order valence-corrected chi connectivity index (χ0v) is 13.3. The summed E-state index contributed by atoms with van der Waals surface area (Å²) in [5.41, 5.74) is -1.83. The number of pyridine rings is 2. The van der Waals surface area contributed by atoms with Crippen LogP contribution in [0, 0.1) is 0 Å². The molecule has 0 saturated heterocycles.